The number of carbonyl (C=O) groups excluding carboxylic acids is 1. The molecule has 24 heavy (non-hydrogen) atoms. The van der Waals surface area contributed by atoms with Crippen LogP contribution >= 0.6 is 0 Å². The molecule has 7 heteroatoms. The van der Waals surface area contributed by atoms with E-state index in [9.17, 15) is 4.79 Å². The number of carbonyl (C=O) groups is 1. The highest BCUT2D eigenvalue weighted by Crippen LogP contribution is 2.20. The molecule has 7 nitrogen and oxygen atoms in total. The molecule has 0 aromatic carbocycles. The van der Waals surface area contributed by atoms with Gasteiger partial charge < -0.3 is 19.3 Å². The minimum atomic E-state index is -0.474. The lowest BCUT2D eigenvalue weighted by Crippen LogP contribution is -2.54. The zero-order valence-corrected chi connectivity index (χ0v) is 15.3. The summed E-state index contributed by atoms with van der Waals surface area (Å²) < 4.78 is 10.9. The molecule has 2 heterocycles. The minimum absolute atomic E-state index is 0.154. The first-order valence-electron chi connectivity index (χ1n) is 8.43. The fraction of sp³-hybridized carbons (Fsp3) is 0.706. The normalized spacial score (nSPS) is 18.6. The number of aromatic nitrogens is 2. The van der Waals surface area contributed by atoms with Crippen molar-refractivity contribution in [3.63, 3.8) is 0 Å². The second kappa shape index (κ2) is 7.79. The van der Waals surface area contributed by atoms with E-state index in [2.05, 4.69) is 21.8 Å². The molecule has 1 aromatic rings. The Bertz CT molecular complexity index is 559. The third-order valence-corrected chi connectivity index (χ3v) is 3.74. The van der Waals surface area contributed by atoms with E-state index in [0.29, 0.717) is 32.8 Å². The summed E-state index contributed by atoms with van der Waals surface area (Å²) >= 11 is 0. The highest BCUT2D eigenvalue weighted by Gasteiger charge is 2.30. The maximum Gasteiger partial charge on any atom is 0.410 e. The van der Waals surface area contributed by atoms with Gasteiger partial charge in [0, 0.05) is 38.3 Å². The molecule has 1 saturated heterocycles. The Hall–Kier alpha value is -1.89. The smallest absolute Gasteiger partial charge is 0.410 e. The molecule has 1 aromatic heterocycles. The van der Waals surface area contributed by atoms with Crippen molar-refractivity contribution in [3.05, 3.63) is 18.1 Å². The number of hydrogen-bond donors (Lipinski definition) is 0. The molecule has 0 saturated carbocycles. The SMILES string of the molecule is CCOCc1cc(N2CCN(C(=O)OC(C)(C)C)C[C@@H]2C)ncn1. The minimum Gasteiger partial charge on any atom is -0.444 e. The van der Waals surface area contributed by atoms with E-state index in [0.717, 1.165) is 11.5 Å². The van der Waals surface area contributed by atoms with E-state index in [1.54, 1.807) is 11.2 Å². The molecular weight excluding hydrogens is 308 g/mol. The van der Waals surface area contributed by atoms with Crippen LogP contribution in [0.25, 0.3) is 0 Å². The van der Waals surface area contributed by atoms with Gasteiger partial charge in [0.15, 0.2) is 0 Å². The molecule has 2 rings (SSSR count). The molecule has 0 radical (unpaired) electrons. The maximum atomic E-state index is 12.2. The number of rotatable bonds is 4. The van der Waals surface area contributed by atoms with Crippen LogP contribution in [0.15, 0.2) is 12.4 Å². The third kappa shape index (κ3) is 5.06. The van der Waals surface area contributed by atoms with Crippen molar-refractivity contribution in [1.29, 1.82) is 0 Å². The molecule has 0 unspecified atom stereocenters. The molecule has 1 amide bonds. The van der Waals surface area contributed by atoms with Gasteiger partial charge in [-0.15, -0.1) is 0 Å². The Balaban J connectivity index is 1.99. The van der Waals surface area contributed by atoms with Gasteiger partial charge in [-0.05, 0) is 34.6 Å². The molecule has 0 aliphatic carbocycles. The fourth-order valence-electron chi connectivity index (χ4n) is 2.62. The predicted molar refractivity (Wildman–Crippen MR) is 92.0 cm³/mol. The number of amides is 1. The van der Waals surface area contributed by atoms with Crippen LogP contribution < -0.4 is 4.90 Å². The number of ether oxygens (including phenoxy) is 2. The Morgan fingerprint density at radius 3 is 2.71 bits per heavy atom. The second-order valence-corrected chi connectivity index (χ2v) is 6.97. The third-order valence-electron chi connectivity index (χ3n) is 3.74. The second-order valence-electron chi connectivity index (χ2n) is 6.97. The van der Waals surface area contributed by atoms with Gasteiger partial charge in [-0.1, -0.05) is 0 Å². The van der Waals surface area contributed by atoms with Gasteiger partial charge >= 0.3 is 6.09 Å². The summed E-state index contributed by atoms with van der Waals surface area (Å²) in [7, 11) is 0. The standard InChI is InChI=1S/C17H28N4O3/c1-6-23-11-14-9-15(19-12-18-14)21-8-7-20(10-13(21)2)16(22)24-17(3,4)5/h9,12-13H,6-8,10-11H2,1-5H3/t13-/m0/s1. The first kappa shape index (κ1) is 18.4. The maximum absolute atomic E-state index is 12.2. The topological polar surface area (TPSA) is 67.8 Å². The van der Waals surface area contributed by atoms with Crippen molar-refractivity contribution < 1.29 is 14.3 Å². The summed E-state index contributed by atoms with van der Waals surface area (Å²) in [5.41, 5.74) is 0.391. The highest BCUT2D eigenvalue weighted by molar-refractivity contribution is 5.68. The molecule has 1 atom stereocenters. The zero-order valence-electron chi connectivity index (χ0n) is 15.3. The van der Waals surface area contributed by atoms with E-state index < -0.39 is 5.60 Å². The number of piperazine rings is 1. The Labute approximate surface area is 144 Å². The number of anilines is 1. The van der Waals surface area contributed by atoms with E-state index in [4.69, 9.17) is 9.47 Å². The van der Waals surface area contributed by atoms with Gasteiger partial charge in [0.2, 0.25) is 0 Å². The van der Waals surface area contributed by atoms with Crippen molar-refractivity contribution >= 4 is 11.9 Å². The van der Waals surface area contributed by atoms with Crippen LogP contribution in [0.1, 0.15) is 40.3 Å². The summed E-state index contributed by atoms with van der Waals surface area (Å²) in [6.07, 6.45) is 1.31. The Morgan fingerprint density at radius 1 is 1.33 bits per heavy atom. The number of nitrogens with zero attached hydrogens (tertiary/aromatic N) is 4. The molecular formula is C17H28N4O3. The van der Waals surface area contributed by atoms with E-state index >= 15 is 0 Å². The van der Waals surface area contributed by atoms with Crippen LogP contribution in [0.2, 0.25) is 0 Å². The van der Waals surface area contributed by atoms with E-state index in [1.165, 1.54) is 0 Å². The van der Waals surface area contributed by atoms with Gasteiger partial charge in [-0.25, -0.2) is 14.8 Å². The lowest BCUT2D eigenvalue weighted by atomic mass is 10.2. The first-order valence-corrected chi connectivity index (χ1v) is 8.43. The van der Waals surface area contributed by atoms with Gasteiger partial charge in [0.1, 0.15) is 17.7 Å². The van der Waals surface area contributed by atoms with Crippen LogP contribution in [-0.4, -0.2) is 58.8 Å². The summed E-state index contributed by atoms with van der Waals surface area (Å²) in [5, 5.41) is 0. The largest absolute Gasteiger partial charge is 0.444 e. The zero-order chi connectivity index (χ0) is 17.7. The molecule has 134 valence electrons. The van der Waals surface area contributed by atoms with Crippen molar-refractivity contribution in [3.8, 4) is 0 Å². The van der Waals surface area contributed by atoms with Gasteiger partial charge in [0.25, 0.3) is 0 Å². The summed E-state index contributed by atoms with van der Waals surface area (Å²) in [4.78, 5) is 24.8. The Morgan fingerprint density at radius 2 is 2.08 bits per heavy atom. The monoisotopic (exact) mass is 336 g/mol. The lowest BCUT2D eigenvalue weighted by molar-refractivity contribution is 0.0218. The van der Waals surface area contributed by atoms with Crippen molar-refractivity contribution in [2.75, 3.05) is 31.1 Å². The quantitative estimate of drug-likeness (QED) is 0.841. The molecule has 1 aliphatic rings. The summed E-state index contributed by atoms with van der Waals surface area (Å²) in [6.45, 7) is 12.8. The summed E-state index contributed by atoms with van der Waals surface area (Å²) in [5.74, 6) is 0.871. The van der Waals surface area contributed by atoms with Crippen molar-refractivity contribution in [1.82, 2.24) is 14.9 Å². The molecule has 0 spiro atoms. The average Bonchev–Trinajstić information content (AvgIpc) is 2.51. The molecule has 0 bridgehead atoms. The van der Waals surface area contributed by atoms with Gasteiger partial charge in [-0.2, -0.15) is 0 Å². The predicted octanol–water partition coefficient (Wildman–Crippen LogP) is 2.46. The van der Waals surface area contributed by atoms with Crippen molar-refractivity contribution in [2.24, 2.45) is 0 Å². The van der Waals surface area contributed by atoms with Gasteiger partial charge in [0.05, 0.1) is 12.3 Å². The van der Waals surface area contributed by atoms with Crippen LogP contribution in [0.3, 0.4) is 0 Å². The average molecular weight is 336 g/mol. The molecule has 0 N–H and O–H groups in total. The highest BCUT2D eigenvalue weighted by atomic mass is 16.6. The van der Waals surface area contributed by atoms with Crippen molar-refractivity contribution in [2.45, 2.75) is 52.9 Å². The Kier molecular flexibility index (Phi) is 5.99. The van der Waals surface area contributed by atoms with E-state index in [-0.39, 0.29) is 12.1 Å². The molecule has 1 aliphatic heterocycles. The fourth-order valence-corrected chi connectivity index (χ4v) is 2.62. The molecule has 1 fully saturated rings. The van der Waals surface area contributed by atoms with Crippen LogP contribution in [-0.2, 0) is 16.1 Å². The van der Waals surface area contributed by atoms with Gasteiger partial charge in [-0.3, -0.25) is 0 Å². The first-order chi connectivity index (χ1) is 11.3. The summed E-state index contributed by atoms with van der Waals surface area (Å²) in [6, 6.07) is 2.11. The lowest BCUT2D eigenvalue weighted by Gasteiger charge is -2.40. The van der Waals surface area contributed by atoms with Crippen LogP contribution in [0.4, 0.5) is 10.6 Å². The van der Waals surface area contributed by atoms with Crippen LogP contribution in [0.5, 0.6) is 0 Å². The van der Waals surface area contributed by atoms with E-state index in [1.807, 2.05) is 33.8 Å². The van der Waals surface area contributed by atoms with Crippen LogP contribution in [0, 0.1) is 0 Å². The number of hydrogen-bond acceptors (Lipinski definition) is 6.